The van der Waals surface area contributed by atoms with Gasteiger partial charge in [0.2, 0.25) is 0 Å². The summed E-state index contributed by atoms with van der Waals surface area (Å²) >= 11 is 11.9. The van der Waals surface area contributed by atoms with Gasteiger partial charge in [-0.25, -0.2) is 0 Å². The molecule has 0 spiro atoms. The van der Waals surface area contributed by atoms with Crippen LogP contribution in [-0.2, 0) is 0 Å². The molecule has 1 unspecified atom stereocenters. The topological polar surface area (TPSA) is 26.0 Å². The summed E-state index contributed by atoms with van der Waals surface area (Å²) in [4.78, 5) is 0. The maximum absolute atomic E-state index is 6.28. The smallest absolute Gasteiger partial charge is 0.0595 e. The van der Waals surface area contributed by atoms with Gasteiger partial charge < -0.3 is 5.73 Å². The molecular formula is C15H15Cl2N. The average Bonchev–Trinajstić information content (AvgIpc) is 2.32. The lowest BCUT2D eigenvalue weighted by Crippen LogP contribution is -2.13. The molecule has 0 amide bonds. The Morgan fingerprint density at radius 2 is 1.67 bits per heavy atom. The molecule has 1 atom stereocenters. The first-order chi connectivity index (χ1) is 8.49. The largest absolute Gasteiger partial charge is 0.320 e. The van der Waals surface area contributed by atoms with Crippen molar-refractivity contribution in [3.8, 4) is 0 Å². The molecule has 0 aliphatic rings. The average molecular weight is 280 g/mol. The van der Waals surface area contributed by atoms with Crippen molar-refractivity contribution in [1.29, 1.82) is 0 Å². The Morgan fingerprint density at radius 1 is 0.944 bits per heavy atom. The molecule has 3 heteroatoms. The summed E-state index contributed by atoms with van der Waals surface area (Å²) in [6.45, 7) is 4.14. The van der Waals surface area contributed by atoms with Gasteiger partial charge in [0.15, 0.2) is 0 Å². The van der Waals surface area contributed by atoms with Gasteiger partial charge in [0, 0.05) is 0 Å². The van der Waals surface area contributed by atoms with E-state index in [4.69, 9.17) is 28.9 Å². The van der Waals surface area contributed by atoms with Gasteiger partial charge in [0.1, 0.15) is 0 Å². The predicted molar refractivity (Wildman–Crippen MR) is 78.4 cm³/mol. The zero-order valence-corrected chi connectivity index (χ0v) is 11.9. The highest BCUT2D eigenvalue weighted by atomic mass is 35.5. The van der Waals surface area contributed by atoms with Crippen LogP contribution in [0.5, 0.6) is 0 Å². The van der Waals surface area contributed by atoms with Crippen LogP contribution >= 0.6 is 23.2 Å². The van der Waals surface area contributed by atoms with Crippen LogP contribution in [0, 0.1) is 13.8 Å². The fourth-order valence-corrected chi connectivity index (χ4v) is 2.37. The van der Waals surface area contributed by atoms with E-state index in [2.05, 4.69) is 32.0 Å². The fourth-order valence-electron chi connectivity index (χ4n) is 2.06. The van der Waals surface area contributed by atoms with Crippen LogP contribution in [0.25, 0.3) is 0 Å². The molecule has 0 bridgehead atoms. The van der Waals surface area contributed by atoms with Crippen LogP contribution in [0.3, 0.4) is 0 Å². The Balaban J connectivity index is 2.41. The minimum absolute atomic E-state index is 0.180. The van der Waals surface area contributed by atoms with Crippen LogP contribution in [0.4, 0.5) is 0 Å². The molecule has 0 saturated carbocycles. The molecule has 2 aromatic carbocycles. The second-order valence-electron chi connectivity index (χ2n) is 4.51. The summed E-state index contributed by atoms with van der Waals surface area (Å²) in [6.07, 6.45) is 0. The van der Waals surface area contributed by atoms with E-state index in [9.17, 15) is 0 Å². The van der Waals surface area contributed by atoms with Crippen molar-refractivity contribution < 1.29 is 0 Å². The third-order valence-electron chi connectivity index (χ3n) is 3.06. The molecule has 2 aromatic rings. The predicted octanol–water partition coefficient (Wildman–Crippen LogP) is 4.66. The van der Waals surface area contributed by atoms with Gasteiger partial charge in [-0.2, -0.15) is 0 Å². The summed E-state index contributed by atoms with van der Waals surface area (Å²) in [5.41, 5.74) is 10.8. The Labute approximate surface area is 118 Å². The van der Waals surface area contributed by atoms with E-state index in [1.165, 1.54) is 11.1 Å². The van der Waals surface area contributed by atoms with Crippen molar-refractivity contribution in [2.75, 3.05) is 0 Å². The zero-order chi connectivity index (χ0) is 13.3. The number of halogens is 2. The number of benzene rings is 2. The van der Waals surface area contributed by atoms with Gasteiger partial charge in [-0.3, -0.25) is 0 Å². The maximum atomic E-state index is 6.28. The maximum Gasteiger partial charge on any atom is 0.0595 e. The van der Waals surface area contributed by atoms with Gasteiger partial charge >= 0.3 is 0 Å². The van der Waals surface area contributed by atoms with Crippen molar-refractivity contribution in [1.82, 2.24) is 0 Å². The minimum Gasteiger partial charge on any atom is -0.320 e. The monoisotopic (exact) mass is 279 g/mol. The highest BCUT2D eigenvalue weighted by Gasteiger charge is 2.12. The summed E-state index contributed by atoms with van der Waals surface area (Å²) in [5, 5.41) is 1.09. The van der Waals surface area contributed by atoms with Crippen molar-refractivity contribution in [3.05, 3.63) is 68.7 Å². The normalized spacial score (nSPS) is 12.5. The van der Waals surface area contributed by atoms with Crippen LogP contribution in [0.2, 0.25) is 10.0 Å². The first-order valence-electron chi connectivity index (χ1n) is 5.76. The summed E-state index contributed by atoms with van der Waals surface area (Å²) in [7, 11) is 0. The highest BCUT2D eigenvalue weighted by molar-refractivity contribution is 6.42. The minimum atomic E-state index is -0.180. The summed E-state index contributed by atoms with van der Waals surface area (Å²) in [5.74, 6) is 0. The summed E-state index contributed by atoms with van der Waals surface area (Å²) in [6, 6.07) is 11.6. The van der Waals surface area contributed by atoms with E-state index in [1.807, 2.05) is 12.1 Å². The van der Waals surface area contributed by atoms with E-state index >= 15 is 0 Å². The van der Waals surface area contributed by atoms with Gasteiger partial charge in [-0.15, -0.1) is 0 Å². The highest BCUT2D eigenvalue weighted by Crippen LogP contribution is 2.29. The second kappa shape index (κ2) is 5.31. The molecule has 1 nitrogen and oxygen atoms in total. The van der Waals surface area contributed by atoms with Crippen molar-refractivity contribution in [2.24, 2.45) is 5.73 Å². The van der Waals surface area contributed by atoms with Crippen molar-refractivity contribution >= 4 is 23.2 Å². The van der Waals surface area contributed by atoms with Crippen LogP contribution in [0.1, 0.15) is 28.3 Å². The first kappa shape index (κ1) is 13.4. The molecule has 0 aliphatic heterocycles. The summed E-state index contributed by atoms with van der Waals surface area (Å²) < 4.78 is 0. The van der Waals surface area contributed by atoms with Crippen LogP contribution in [0.15, 0.2) is 36.4 Å². The molecule has 0 fully saturated rings. The molecule has 94 valence electrons. The quantitative estimate of drug-likeness (QED) is 0.850. The van der Waals surface area contributed by atoms with E-state index in [0.717, 1.165) is 11.1 Å². The number of hydrogen-bond donors (Lipinski definition) is 1. The number of nitrogens with two attached hydrogens (primary N) is 1. The first-order valence-corrected chi connectivity index (χ1v) is 6.52. The van der Waals surface area contributed by atoms with Gasteiger partial charge in [0.05, 0.1) is 16.1 Å². The van der Waals surface area contributed by atoms with Gasteiger partial charge in [-0.1, -0.05) is 53.0 Å². The molecule has 18 heavy (non-hydrogen) atoms. The van der Waals surface area contributed by atoms with E-state index < -0.39 is 0 Å². The van der Waals surface area contributed by atoms with Crippen molar-refractivity contribution in [3.63, 3.8) is 0 Å². The molecule has 0 heterocycles. The molecule has 2 N–H and O–H groups in total. The molecular weight excluding hydrogens is 265 g/mol. The SMILES string of the molecule is Cc1ccc(C(N)c2ccc(Cl)c(Cl)c2)c(C)c1. The number of rotatable bonds is 2. The lowest BCUT2D eigenvalue weighted by atomic mass is 9.95. The Bertz CT molecular complexity index is 579. The van der Waals surface area contributed by atoms with E-state index in [-0.39, 0.29) is 6.04 Å². The van der Waals surface area contributed by atoms with Crippen LogP contribution in [-0.4, -0.2) is 0 Å². The fraction of sp³-hybridized carbons (Fsp3) is 0.200. The molecule has 0 aliphatic carbocycles. The molecule has 0 saturated heterocycles. The molecule has 2 rings (SSSR count). The second-order valence-corrected chi connectivity index (χ2v) is 5.33. The third kappa shape index (κ3) is 2.69. The Kier molecular flexibility index (Phi) is 3.96. The van der Waals surface area contributed by atoms with Gasteiger partial charge in [-0.05, 0) is 42.7 Å². The van der Waals surface area contributed by atoms with Gasteiger partial charge in [0.25, 0.3) is 0 Å². The van der Waals surface area contributed by atoms with Crippen molar-refractivity contribution in [2.45, 2.75) is 19.9 Å². The number of hydrogen-bond acceptors (Lipinski definition) is 1. The lowest BCUT2D eigenvalue weighted by Gasteiger charge is -2.16. The lowest BCUT2D eigenvalue weighted by molar-refractivity contribution is 0.861. The van der Waals surface area contributed by atoms with Crippen LogP contribution < -0.4 is 5.73 Å². The third-order valence-corrected chi connectivity index (χ3v) is 3.80. The van der Waals surface area contributed by atoms with E-state index in [0.29, 0.717) is 10.0 Å². The van der Waals surface area contributed by atoms with E-state index in [1.54, 1.807) is 6.07 Å². The Morgan fingerprint density at radius 3 is 2.28 bits per heavy atom. The zero-order valence-electron chi connectivity index (χ0n) is 10.4. The molecule has 0 radical (unpaired) electrons. The number of aryl methyl sites for hydroxylation is 2. The molecule has 0 aromatic heterocycles. The standard InChI is InChI=1S/C15H15Cl2N/c1-9-3-5-12(10(2)7-9)15(18)11-4-6-13(16)14(17)8-11/h3-8,15H,18H2,1-2H3. The Hall–Kier alpha value is -1.02.